The maximum atomic E-state index is 5.50. The lowest BCUT2D eigenvalue weighted by molar-refractivity contribution is 0.501. The van der Waals surface area contributed by atoms with Gasteiger partial charge in [0.1, 0.15) is 0 Å². The standard InChI is InChI=1S/C8H13N3S/c1-5-8(12-4-10-5)7(11-9)6-2-3-6/h4,6-7,11H,2-3,9H2,1H3. The van der Waals surface area contributed by atoms with E-state index in [1.165, 1.54) is 17.7 Å². The summed E-state index contributed by atoms with van der Waals surface area (Å²) < 4.78 is 0. The van der Waals surface area contributed by atoms with Gasteiger partial charge in [-0.15, -0.1) is 11.3 Å². The predicted octanol–water partition coefficient (Wildman–Crippen LogP) is 1.37. The molecular formula is C8H13N3S. The molecule has 1 aliphatic rings. The minimum atomic E-state index is 0.345. The number of hydrogen-bond donors (Lipinski definition) is 2. The van der Waals surface area contributed by atoms with Gasteiger partial charge in [0, 0.05) is 4.88 Å². The van der Waals surface area contributed by atoms with Crippen molar-refractivity contribution in [3.8, 4) is 0 Å². The first kappa shape index (κ1) is 8.16. The van der Waals surface area contributed by atoms with Crippen molar-refractivity contribution in [1.29, 1.82) is 0 Å². The molecule has 12 heavy (non-hydrogen) atoms. The van der Waals surface area contributed by atoms with Crippen molar-refractivity contribution in [1.82, 2.24) is 10.4 Å². The van der Waals surface area contributed by atoms with E-state index in [0.717, 1.165) is 11.6 Å². The van der Waals surface area contributed by atoms with Crippen molar-refractivity contribution in [3.63, 3.8) is 0 Å². The number of aryl methyl sites for hydroxylation is 1. The second-order valence-corrected chi connectivity index (χ2v) is 4.17. The van der Waals surface area contributed by atoms with Gasteiger partial charge in [-0.25, -0.2) is 4.98 Å². The van der Waals surface area contributed by atoms with Crippen LogP contribution in [0.4, 0.5) is 0 Å². The van der Waals surface area contributed by atoms with Crippen molar-refractivity contribution in [2.75, 3.05) is 0 Å². The summed E-state index contributed by atoms with van der Waals surface area (Å²) in [4.78, 5) is 5.52. The van der Waals surface area contributed by atoms with E-state index in [4.69, 9.17) is 5.84 Å². The van der Waals surface area contributed by atoms with Crippen LogP contribution in [0.5, 0.6) is 0 Å². The van der Waals surface area contributed by atoms with Crippen LogP contribution >= 0.6 is 11.3 Å². The second-order valence-electron chi connectivity index (χ2n) is 3.28. The molecule has 3 N–H and O–H groups in total. The zero-order valence-electron chi connectivity index (χ0n) is 7.08. The molecule has 0 spiro atoms. The van der Waals surface area contributed by atoms with Crippen LogP contribution in [0.1, 0.15) is 29.5 Å². The summed E-state index contributed by atoms with van der Waals surface area (Å²) in [5.74, 6) is 6.25. The van der Waals surface area contributed by atoms with E-state index in [1.807, 2.05) is 12.4 Å². The Kier molecular flexibility index (Phi) is 2.12. The van der Waals surface area contributed by atoms with Gasteiger partial charge in [0.15, 0.2) is 0 Å². The molecule has 1 aromatic rings. The molecule has 0 amide bonds. The molecule has 0 radical (unpaired) electrons. The Morgan fingerprint density at radius 1 is 1.75 bits per heavy atom. The van der Waals surface area contributed by atoms with Crippen LogP contribution in [0.3, 0.4) is 0 Å². The summed E-state index contributed by atoms with van der Waals surface area (Å²) in [6.45, 7) is 2.04. The van der Waals surface area contributed by atoms with Crippen molar-refractivity contribution in [2.45, 2.75) is 25.8 Å². The third-order valence-electron chi connectivity index (χ3n) is 2.34. The summed E-state index contributed by atoms with van der Waals surface area (Å²) in [7, 11) is 0. The predicted molar refractivity (Wildman–Crippen MR) is 49.6 cm³/mol. The quantitative estimate of drug-likeness (QED) is 0.549. The van der Waals surface area contributed by atoms with Gasteiger partial charge in [-0.2, -0.15) is 0 Å². The zero-order chi connectivity index (χ0) is 8.55. The van der Waals surface area contributed by atoms with Gasteiger partial charge in [-0.1, -0.05) is 0 Å². The maximum absolute atomic E-state index is 5.50. The molecule has 1 saturated carbocycles. The molecule has 1 aliphatic carbocycles. The normalized spacial score (nSPS) is 19.5. The molecule has 1 aromatic heterocycles. The first-order valence-electron chi connectivity index (χ1n) is 4.19. The van der Waals surface area contributed by atoms with Crippen LogP contribution in [0, 0.1) is 12.8 Å². The van der Waals surface area contributed by atoms with Crippen molar-refractivity contribution in [3.05, 3.63) is 16.1 Å². The minimum absolute atomic E-state index is 0.345. The van der Waals surface area contributed by atoms with Crippen LogP contribution in [-0.2, 0) is 0 Å². The molecule has 1 atom stereocenters. The summed E-state index contributed by atoms with van der Waals surface area (Å²) in [5.41, 5.74) is 5.88. The van der Waals surface area contributed by atoms with Crippen LogP contribution in [0.15, 0.2) is 5.51 Å². The average Bonchev–Trinajstić information content (AvgIpc) is 2.80. The lowest BCUT2D eigenvalue weighted by atomic mass is 10.1. The van der Waals surface area contributed by atoms with Gasteiger partial charge in [-0.05, 0) is 25.7 Å². The molecule has 0 bridgehead atoms. The van der Waals surface area contributed by atoms with E-state index < -0.39 is 0 Å². The SMILES string of the molecule is Cc1ncsc1C(NN)C1CC1. The van der Waals surface area contributed by atoms with E-state index in [-0.39, 0.29) is 0 Å². The third kappa shape index (κ3) is 1.37. The number of hydrogen-bond acceptors (Lipinski definition) is 4. The first-order chi connectivity index (χ1) is 5.83. The Hall–Kier alpha value is -0.450. The Morgan fingerprint density at radius 2 is 2.50 bits per heavy atom. The van der Waals surface area contributed by atoms with Gasteiger partial charge >= 0.3 is 0 Å². The zero-order valence-corrected chi connectivity index (χ0v) is 7.90. The number of thiazole rings is 1. The summed E-state index contributed by atoms with van der Waals surface area (Å²) in [5, 5.41) is 0. The molecule has 1 unspecified atom stereocenters. The molecule has 3 nitrogen and oxygen atoms in total. The van der Waals surface area contributed by atoms with Crippen molar-refractivity contribution < 1.29 is 0 Å². The fraction of sp³-hybridized carbons (Fsp3) is 0.625. The highest BCUT2D eigenvalue weighted by Crippen LogP contribution is 2.42. The van der Waals surface area contributed by atoms with Crippen molar-refractivity contribution >= 4 is 11.3 Å². The highest BCUT2D eigenvalue weighted by atomic mass is 32.1. The van der Waals surface area contributed by atoms with Crippen LogP contribution in [0.25, 0.3) is 0 Å². The van der Waals surface area contributed by atoms with E-state index in [9.17, 15) is 0 Å². The van der Waals surface area contributed by atoms with Gasteiger partial charge in [0.05, 0.1) is 17.2 Å². The monoisotopic (exact) mass is 183 g/mol. The number of nitrogens with one attached hydrogen (secondary N) is 1. The third-order valence-corrected chi connectivity index (χ3v) is 3.35. The molecule has 0 aliphatic heterocycles. The van der Waals surface area contributed by atoms with Crippen LogP contribution in [-0.4, -0.2) is 4.98 Å². The van der Waals surface area contributed by atoms with Gasteiger partial charge in [0.25, 0.3) is 0 Å². The molecule has 1 heterocycles. The summed E-state index contributed by atoms with van der Waals surface area (Å²) in [6, 6.07) is 0.345. The van der Waals surface area contributed by atoms with Crippen molar-refractivity contribution in [2.24, 2.45) is 11.8 Å². The highest BCUT2D eigenvalue weighted by Gasteiger charge is 2.33. The second kappa shape index (κ2) is 3.12. The number of hydrazine groups is 1. The summed E-state index contributed by atoms with van der Waals surface area (Å²) >= 11 is 1.70. The molecule has 0 aromatic carbocycles. The van der Waals surface area contributed by atoms with E-state index in [2.05, 4.69) is 10.4 Å². The Labute approximate surface area is 76.0 Å². The topological polar surface area (TPSA) is 50.9 Å². The Balaban J connectivity index is 2.20. The summed E-state index contributed by atoms with van der Waals surface area (Å²) in [6.07, 6.45) is 2.60. The first-order valence-corrected chi connectivity index (χ1v) is 5.07. The number of aromatic nitrogens is 1. The van der Waals surface area contributed by atoms with Gasteiger partial charge in [-0.3, -0.25) is 11.3 Å². The minimum Gasteiger partial charge on any atom is -0.271 e. The van der Waals surface area contributed by atoms with Crippen LogP contribution < -0.4 is 11.3 Å². The van der Waals surface area contributed by atoms with E-state index in [1.54, 1.807) is 11.3 Å². The molecule has 0 saturated heterocycles. The lowest BCUT2D eigenvalue weighted by Gasteiger charge is -2.12. The molecule has 4 heteroatoms. The van der Waals surface area contributed by atoms with Gasteiger partial charge < -0.3 is 0 Å². The fourth-order valence-corrected chi connectivity index (χ4v) is 2.42. The Bertz CT molecular complexity index is 267. The lowest BCUT2D eigenvalue weighted by Crippen LogP contribution is -2.29. The smallest absolute Gasteiger partial charge is 0.0798 e. The van der Waals surface area contributed by atoms with E-state index >= 15 is 0 Å². The number of nitrogens with two attached hydrogens (primary N) is 1. The van der Waals surface area contributed by atoms with E-state index in [0.29, 0.717) is 6.04 Å². The maximum Gasteiger partial charge on any atom is 0.0798 e. The molecular weight excluding hydrogens is 170 g/mol. The number of rotatable bonds is 3. The molecule has 66 valence electrons. The van der Waals surface area contributed by atoms with Gasteiger partial charge in [0.2, 0.25) is 0 Å². The molecule has 2 rings (SSSR count). The molecule has 1 fully saturated rings. The average molecular weight is 183 g/mol. The highest BCUT2D eigenvalue weighted by molar-refractivity contribution is 7.09. The fourth-order valence-electron chi connectivity index (χ4n) is 1.46. The largest absolute Gasteiger partial charge is 0.271 e. The number of nitrogens with zero attached hydrogens (tertiary/aromatic N) is 1. The van der Waals surface area contributed by atoms with Crippen LogP contribution in [0.2, 0.25) is 0 Å². The Morgan fingerprint density at radius 3 is 2.92 bits per heavy atom.